The molecule has 70 valence electrons. The summed E-state index contributed by atoms with van der Waals surface area (Å²) in [5.74, 6) is 0. The van der Waals surface area contributed by atoms with Crippen molar-refractivity contribution < 1.29 is 4.79 Å². The monoisotopic (exact) mass is 199 g/mol. The topological polar surface area (TPSA) is 47.2 Å². The summed E-state index contributed by atoms with van der Waals surface area (Å²) in [7, 11) is 1.80. The minimum atomic E-state index is -0.677. The van der Waals surface area contributed by atoms with E-state index < -0.39 is 5.54 Å². The lowest BCUT2D eigenvalue weighted by molar-refractivity contribution is 0.498. The predicted octanol–water partition coefficient (Wildman–Crippen LogP) is 1.64. The van der Waals surface area contributed by atoms with Gasteiger partial charge in [0.25, 0.3) is 0 Å². The standard InChI is InChI=1S/C8H10ClN3O/c1-8(2,11-5-13)6-7(9)10-4-12(6)3/h4H,1-3H3. The Kier molecular flexibility index (Phi) is 2.55. The summed E-state index contributed by atoms with van der Waals surface area (Å²) in [5, 5.41) is 0.367. The molecule has 0 N–H and O–H groups in total. The van der Waals surface area contributed by atoms with Crippen LogP contribution in [-0.2, 0) is 17.4 Å². The van der Waals surface area contributed by atoms with Gasteiger partial charge in [0.2, 0.25) is 6.08 Å². The van der Waals surface area contributed by atoms with Gasteiger partial charge in [-0.1, -0.05) is 11.6 Å². The molecule has 0 aliphatic carbocycles. The Morgan fingerprint density at radius 1 is 1.69 bits per heavy atom. The highest BCUT2D eigenvalue weighted by molar-refractivity contribution is 6.30. The Morgan fingerprint density at radius 3 is 2.69 bits per heavy atom. The van der Waals surface area contributed by atoms with Crippen LogP contribution in [0, 0.1) is 0 Å². The summed E-state index contributed by atoms with van der Waals surface area (Å²) < 4.78 is 1.74. The van der Waals surface area contributed by atoms with Crippen LogP contribution >= 0.6 is 11.6 Å². The maximum absolute atomic E-state index is 10.2. The molecule has 0 aromatic carbocycles. The highest BCUT2D eigenvalue weighted by Crippen LogP contribution is 2.29. The van der Waals surface area contributed by atoms with Crippen LogP contribution in [0.2, 0.25) is 5.15 Å². The van der Waals surface area contributed by atoms with E-state index in [1.807, 2.05) is 0 Å². The van der Waals surface area contributed by atoms with Gasteiger partial charge in [-0.2, -0.15) is 4.99 Å². The van der Waals surface area contributed by atoms with Gasteiger partial charge in [0, 0.05) is 7.05 Å². The SMILES string of the molecule is Cn1cnc(Cl)c1C(C)(C)N=C=O. The average Bonchev–Trinajstić information content (AvgIpc) is 2.31. The van der Waals surface area contributed by atoms with Crippen molar-refractivity contribution >= 4 is 17.7 Å². The van der Waals surface area contributed by atoms with Gasteiger partial charge in [0.05, 0.1) is 12.0 Å². The van der Waals surface area contributed by atoms with Gasteiger partial charge < -0.3 is 4.57 Å². The summed E-state index contributed by atoms with van der Waals surface area (Å²) in [5.41, 5.74) is 0.0295. The fourth-order valence-electron chi connectivity index (χ4n) is 1.25. The van der Waals surface area contributed by atoms with Crippen molar-refractivity contribution in [2.45, 2.75) is 19.4 Å². The number of carbonyl (C=O) groups excluding carboxylic acids is 1. The minimum Gasteiger partial charge on any atom is -0.334 e. The molecule has 0 fully saturated rings. The maximum atomic E-state index is 10.2. The number of aromatic nitrogens is 2. The molecule has 0 saturated heterocycles. The Hall–Kier alpha value is -1.12. The summed E-state index contributed by atoms with van der Waals surface area (Å²) in [4.78, 5) is 17.7. The number of hydrogen-bond acceptors (Lipinski definition) is 3. The van der Waals surface area contributed by atoms with Crippen molar-refractivity contribution in [3.63, 3.8) is 0 Å². The zero-order chi connectivity index (χ0) is 10.1. The molecule has 0 bridgehead atoms. The van der Waals surface area contributed by atoms with E-state index in [9.17, 15) is 4.79 Å². The maximum Gasteiger partial charge on any atom is 0.235 e. The molecule has 13 heavy (non-hydrogen) atoms. The first-order chi connectivity index (χ1) is 5.99. The molecule has 0 atom stereocenters. The van der Waals surface area contributed by atoms with E-state index in [1.54, 1.807) is 31.8 Å². The Balaban J connectivity index is 3.27. The van der Waals surface area contributed by atoms with E-state index in [0.29, 0.717) is 10.8 Å². The van der Waals surface area contributed by atoms with Gasteiger partial charge in [-0.05, 0) is 13.8 Å². The second-order valence-electron chi connectivity index (χ2n) is 3.26. The molecule has 0 unspecified atom stereocenters. The number of rotatable bonds is 2. The molecule has 0 saturated carbocycles. The number of aryl methyl sites for hydroxylation is 1. The molecule has 1 aromatic heterocycles. The van der Waals surface area contributed by atoms with E-state index in [4.69, 9.17) is 11.6 Å². The van der Waals surface area contributed by atoms with E-state index in [0.717, 1.165) is 0 Å². The largest absolute Gasteiger partial charge is 0.334 e. The Labute approximate surface area is 81.3 Å². The lowest BCUT2D eigenvalue weighted by Crippen LogP contribution is -2.18. The smallest absolute Gasteiger partial charge is 0.235 e. The Bertz CT molecular complexity index is 344. The Morgan fingerprint density at radius 2 is 2.31 bits per heavy atom. The molecule has 0 radical (unpaired) electrons. The number of halogens is 1. The average molecular weight is 200 g/mol. The molecule has 0 amide bonds. The van der Waals surface area contributed by atoms with E-state index in [2.05, 4.69) is 9.98 Å². The predicted molar refractivity (Wildman–Crippen MR) is 49.4 cm³/mol. The normalized spacial score (nSPS) is 11.1. The fourth-order valence-corrected chi connectivity index (χ4v) is 1.66. The third kappa shape index (κ3) is 1.79. The van der Waals surface area contributed by atoms with Crippen LogP contribution in [0.15, 0.2) is 11.3 Å². The lowest BCUT2D eigenvalue weighted by atomic mass is 10.0. The van der Waals surface area contributed by atoms with Crippen LogP contribution in [0.4, 0.5) is 0 Å². The molecular weight excluding hydrogens is 190 g/mol. The summed E-state index contributed by atoms with van der Waals surface area (Å²) in [6.45, 7) is 3.56. The molecule has 4 nitrogen and oxygen atoms in total. The molecule has 1 aromatic rings. The van der Waals surface area contributed by atoms with Gasteiger partial charge in [-0.15, -0.1) is 0 Å². The first-order valence-corrected chi connectivity index (χ1v) is 4.13. The van der Waals surface area contributed by atoms with Crippen molar-refractivity contribution in [2.75, 3.05) is 0 Å². The van der Waals surface area contributed by atoms with Crippen LogP contribution in [0.1, 0.15) is 19.5 Å². The first kappa shape index (κ1) is 9.96. The van der Waals surface area contributed by atoms with Crippen molar-refractivity contribution in [2.24, 2.45) is 12.0 Å². The third-order valence-corrected chi connectivity index (χ3v) is 2.07. The lowest BCUT2D eigenvalue weighted by Gasteiger charge is -2.18. The van der Waals surface area contributed by atoms with Crippen molar-refractivity contribution in [3.05, 3.63) is 17.2 Å². The summed E-state index contributed by atoms with van der Waals surface area (Å²) in [6, 6.07) is 0. The van der Waals surface area contributed by atoms with Gasteiger partial charge in [-0.25, -0.2) is 9.78 Å². The number of nitrogens with zero attached hydrogens (tertiary/aromatic N) is 3. The highest BCUT2D eigenvalue weighted by atomic mass is 35.5. The third-order valence-electron chi connectivity index (χ3n) is 1.80. The number of isocyanates is 1. The van der Waals surface area contributed by atoms with E-state index >= 15 is 0 Å². The summed E-state index contributed by atoms with van der Waals surface area (Å²) in [6.07, 6.45) is 3.11. The highest BCUT2D eigenvalue weighted by Gasteiger charge is 2.26. The zero-order valence-corrected chi connectivity index (χ0v) is 8.46. The van der Waals surface area contributed by atoms with Crippen LogP contribution in [-0.4, -0.2) is 15.6 Å². The molecule has 0 spiro atoms. The van der Waals surface area contributed by atoms with Gasteiger partial charge >= 0.3 is 0 Å². The molecule has 0 aliphatic heterocycles. The molecule has 5 heteroatoms. The van der Waals surface area contributed by atoms with Crippen molar-refractivity contribution in [1.82, 2.24) is 9.55 Å². The second-order valence-corrected chi connectivity index (χ2v) is 3.62. The van der Waals surface area contributed by atoms with Gasteiger partial charge in [0.15, 0.2) is 5.15 Å². The van der Waals surface area contributed by atoms with Crippen molar-refractivity contribution in [1.29, 1.82) is 0 Å². The van der Waals surface area contributed by atoms with Crippen LogP contribution in [0.3, 0.4) is 0 Å². The van der Waals surface area contributed by atoms with E-state index in [1.165, 1.54) is 6.08 Å². The second kappa shape index (κ2) is 3.32. The van der Waals surface area contributed by atoms with Crippen LogP contribution in [0.25, 0.3) is 0 Å². The first-order valence-electron chi connectivity index (χ1n) is 3.75. The fraction of sp³-hybridized carbons (Fsp3) is 0.500. The molecule has 1 rings (SSSR count). The van der Waals surface area contributed by atoms with Crippen LogP contribution < -0.4 is 0 Å². The molecule has 1 heterocycles. The quantitative estimate of drug-likeness (QED) is 0.537. The van der Waals surface area contributed by atoms with E-state index in [-0.39, 0.29) is 0 Å². The molecule has 0 aliphatic rings. The van der Waals surface area contributed by atoms with Gasteiger partial charge in [0.1, 0.15) is 5.54 Å². The minimum absolute atomic E-state index is 0.367. The van der Waals surface area contributed by atoms with Crippen LogP contribution in [0.5, 0.6) is 0 Å². The zero-order valence-electron chi connectivity index (χ0n) is 7.71. The van der Waals surface area contributed by atoms with Gasteiger partial charge in [-0.3, -0.25) is 0 Å². The van der Waals surface area contributed by atoms with Crippen molar-refractivity contribution in [3.8, 4) is 0 Å². The number of imidazole rings is 1. The molecular formula is C8H10ClN3O. The number of hydrogen-bond donors (Lipinski definition) is 0. The summed E-state index contributed by atoms with van der Waals surface area (Å²) >= 11 is 5.84. The number of aliphatic imine (C=N–C) groups is 1.